The van der Waals surface area contributed by atoms with Gasteiger partial charge >= 0.3 is 0 Å². The molecule has 0 aliphatic heterocycles. The third-order valence-corrected chi connectivity index (χ3v) is 11.7. The molecule has 0 fully saturated rings. The van der Waals surface area contributed by atoms with Crippen LogP contribution in [0.2, 0.25) is 0 Å². The number of carbonyl (C=O) groups is 1. The zero-order valence-electron chi connectivity index (χ0n) is 39.5. The van der Waals surface area contributed by atoms with Crippen molar-refractivity contribution in [2.45, 2.75) is 276 Å². The normalized spacial score (nSPS) is 13.4. The van der Waals surface area contributed by atoms with E-state index in [0.717, 1.165) is 44.9 Å². The minimum atomic E-state index is -0.872. The Morgan fingerprint density at radius 2 is 0.712 bits per heavy atom. The van der Waals surface area contributed by atoms with Gasteiger partial charge in [0.2, 0.25) is 5.91 Å². The zero-order valence-corrected chi connectivity index (χ0v) is 39.5. The molecule has 59 heavy (non-hydrogen) atoms. The van der Waals surface area contributed by atoms with E-state index in [2.05, 4.69) is 67.8 Å². The van der Waals surface area contributed by atoms with Crippen LogP contribution in [0.4, 0.5) is 0 Å². The van der Waals surface area contributed by atoms with E-state index in [-0.39, 0.29) is 12.5 Å². The van der Waals surface area contributed by atoms with E-state index < -0.39 is 12.1 Å². The molecule has 0 heterocycles. The third-order valence-electron chi connectivity index (χ3n) is 11.7. The average Bonchev–Trinajstić information content (AvgIpc) is 3.24. The summed E-state index contributed by atoms with van der Waals surface area (Å²) < 4.78 is 0. The number of aliphatic hydroxyl groups is 2. The molecular formula is C55H101NO3. The summed E-state index contributed by atoms with van der Waals surface area (Å²) in [6, 6.07) is -0.647. The molecule has 0 radical (unpaired) electrons. The van der Waals surface area contributed by atoms with Gasteiger partial charge in [-0.2, -0.15) is 0 Å². The number of unbranched alkanes of at least 4 members (excludes halogenated alkanes) is 32. The highest BCUT2D eigenvalue weighted by Crippen LogP contribution is 2.15. The first-order valence-corrected chi connectivity index (χ1v) is 26.0. The van der Waals surface area contributed by atoms with Crippen LogP contribution < -0.4 is 5.32 Å². The Morgan fingerprint density at radius 3 is 1.08 bits per heavy atom. The van der Waals surface area contributed by atoms with Crippen molar-refractivity contribution in [1.82, 2.24) is 5.32 Å². The van der Waals surface area contributed by atoms with Gasteiger partial charge in [-0.3, -0.25) is 4.79 Å². The Balaban J connectivity index is 3.57. The molecule has 0 rings (SSSR count). The summed E-state index contributed by atoms with van der Waals surface area (Å²) in [5.74, 6) is -0.0772. The summed E-state index contributed by atoms with van der Waals surface area (Å²) >= 11 is 0. The molecule has 344 valence electrons. The van der Waals surface area contributed by atoms with E-state index in [4.69, 9.17) is 0 Å². The summed E-state index contributed by atoms with van der Waals surface area (Å²) in [6.45, 7) is 4.29. The fourth-order valence-corrected chi connectivity index (χ4v) is 7.71. The Morgan fingerprint density at radius 1 is 0.407 bits per heavy atom. The van der Waals surface area contributed by atoms with Gasteiger partial charge in [0, 0.05) is 6.42 Å². The van der Waals surface area contributed by atoms with E-state index in [1.165, 1.54) is 199 Å². The molecule has 4 heteroatoms. The van der Waals surface area contributed by atoms with Crippen LogP contribution >= 0.6 is 0 Å². The highest BCUT2D eigenvalue weighted by atomic mass is 16.3. The van der Waals surface area contributed by atoms with Crippen molar-refractivity contribution in [2.24, 2.45) is 0 Å². The lowest BCUT2D eigenvalue weighted by Crippen LogP contribution is -2.45. The molecule has 3 N–H and O–H groups in total. The summed E-state index contributed by atoms with van der Waals surface area (Å²) in [7, 11) is 0. The Kier molecular flexibility index (Phi) is 48.8. The highest BCUT2D eigenvalue weighted by molar-refractivity contribution is 5.76. The molecule has 0 aliphatic carbocycles. The molecule has 0 aromatic carbocycles. The SMILES string of the molecule is CCCCCCC/C=C\C/C=C\CCCCCCCCCCCCCCCCCC(=O)NC(CO)C(O)/C=C/CC/C=C/CC/C=C/CCCCCCCCCCCC. The Hall–Kier alpha value is -1.91. The third kappa shape index (κ3) is 47.0. The maximum absolute atomic E-state index is 12.4. The van der Waals surface area contributed by atoms with Gasteiger partial charge in [0.15, 0.2) is 0 Å². The standard InChI is InChI=1S/C55H101NO3/c1-3-5-7-9-11-13-15-17-19-21-23-25-26-27-28-29-30-31-33-35-37-39-41-43-45-47-49-51-55(59)56-53(52-57)54(58)50-48-46-44-42-40-38-36-34-32-24-22-20-18-16-14-12-10-8-6-4-2/h15,17,21,23,32,34,40,42,48,50,53-54,57-58H,3-14,16,18-20,22,24-31,33,35-39,41,43-47,49,51-52H2,1-2H3,(H,56,59)/b17-15-,23-21-,34-32+,42-40+,50-48+. The van der Waals surface area contributed by atoms with Crippen LogP contribution in [-0.2, 0) is 4.79 Å². The van der Waals surface area contributed by atoms with Crippen molar-refractivity contribution in [3.63, 3.8) is 0 Å². The number of hydrogen-bond donors (Lipinski definition) is 3. The van der Waals surface area contributed by atoms with Crippen LogP contribution in [0.15, 0.2) is 60.8 Å². The first-order valence-electron chi connectivity index (χ1n) is 26.0. The molecule has 0 aromatic heterocycles. The minimum Gasteiger partial charge on any atom is -0.394 e. The molecule has 0 aliphatic rings. The van der Waals surface area contributed by atoms with Crippen LogP contribution in [0.25, 0.3) is 0 Å². The van der Waals surface area contributed by atoms with Gasteiger partial charge in [0.05, 0.1) is 18.8 Å². The number of rotatable bonds is 47. The van der Waals surface area contributed by atoms with E-state index >= 15 is 0 Å². The van der Waals surface area contributed by atoms with Gasteiger partial charge in [0.25, 0.3) is 0 Å². The molecule has 1 amide bonds. The number of aliphatic hydroxyl groups excluding tert-OH is 2. The lowest BCUT2D eigenvalue weighted by atomic mass is 10.0. The van der Waals surface area contributed by atoms with Gasteiger partial charge in [0.1, 0.15) is 0 Å². The van der Waals surface area contributed by atoms with Crippen LogP contribution in [0.1, 0.15) is 264 Å². The molecule has 0 spiro atoms. The van der Waals surface area contributed by atoms with Crippen molar-refractivity contribution in [3.8, 4) is 0 Å². The van der Waals surface area contributed by atoms with E-state index in [1.807, 2.05) is 6.08 Å². The van der Waals surface area contributed by atoms with Gasteiger partial charge in [-0.05, 0) is 77.0 Å². The van der Waals surface area contributed by atoms with Crippen molar-refractivity contribution < 1.29 is 15.0 Å². The molecule has 0 bridgehead atoms. The number of nitrogens with one attached hydrogen (secondary N) is 1. The van der Waals surface area contributed by atoms with Crippen molar-refractivity contribution in [1.29, 1.82) is 0 Å². The second-order valence-corrected chi connectivity index (χ2v) is 17.6. The van der Waals surface area contributed by atoms with Gasteiger partial charge in [-0.15, -0.1) is 0 Å². The summed E-state index contributed by atoms with van der Waals surface area (Å²) in [5, 5.41) is 23.1. The fourth-order valence-electron chi connectivity index (χ4n) is 7.71. The van der Waals surface area contributed by atoms with Gasteiger partial charge in [-0.1, -0.05) is 242 Å². The first kappa shape index (κ1) is 57.1. The first-order chi connectivity index (χ1) is 29.2. The van der Waals surface area contributed by atoms with Crippen LogP contribution in [0, 0.1) is 0 Å². The Bertz CT molecular complexity index is 981. The number of allylic oxidation sites excluding steroid dienone is 9. The summed E-state index contributed by atoms with van der Waals surface area (Å²) in [6.07, 6.45) is 70.7. The summed E-state index contributed by atoms with van der Waals surface area (Å²) in [5.41, 5.74) is 0. The fraction of sp³-hybridized carbons (Fsp3) is 0.800. The van der Waals surface area contributed by atoms with Crippen LogP contribution in [0.3, 0.4) is 0 Å². The number of carbonyl (C=O) groups excluding carboxylic acids is 1. The zero-order chi connectivity index (χ0) is 42.8. The van der Waals surface area contributed by atoms with E-state index in [1.54, 1.807) is 6.08 Å². The highest BCUT2D eigenvalue weighted by Gasteiger charge is 2.17. The number of hydrogen-bond acceptors (Lipinski definition) is 3. The Labute approximate surface area is 368 Å². The van der Waals surface area contributed by atoms with E-state index in [0.29, 0.717) is 6.42 Å². The minimum absolute atomic E-state index is 0.0772. The molecule has 2 unspecified atom stereocenters. The van der Waals surface area contributed by atoms with Crippen LogP contribution in [0.5, 0.6) is 0 Å². The topological polar surface area (TPSA) is 69.6 Å². The monoisotopic (exact) mass is 824 g/mol. The predicted octanol–water partition coefficient (Wildman–Crippen LogP) is 16.9. The molecule has 4 nitrogen and oxygen atoms in total. The largest absolute Gasteiger partial charge is 0.394 e. The van der Waals surface area contributed by atoms with Crippen molar-refractivity contribution in [2.75, 3.05) is 6.61 Å². The number of amides is 1. The molecule has 2 atom stereocenters. The lowest BCUT2D eigenvalue weighted by Gasteiger charge is -2.19. The van der Waals surface area contributed by atoms with Crippen LogP contribution in [-0.4, -0.2) is 34.9 Å². The quantitative estimate of drug-likeness (QED) is 0.0423. The maximum Gasteiger partial charge on any atom is 0.220 e. The smallest absolute Gasteiger partial charge is 0.220 e. The van der Waals surface area contributed by atoms with Crippen molar-refractivity contribution in [3.05, 3.63) is 60.8 Å². The second kappa shape index (κ2) is 50.4. The molecule has 0 saturated heterocycles. The lowest BCUT2D eigenvalue weighted by molar-refractivity contribution is -0.123. The molecule has 0 saturated carbocycles. The van der Waals surface area contributed by atoms with E-state index in [9.17, 15) is 15.0 Å². The predicted molar refractivity (Wildman–Crippen MR) is 262 cm³/mol. The maximum atomic E-state index is 12.4. The van der Waals surface area contributed by atoms with Gasteiger partial charge < -0.3 is 15.5 Å². The van der Waals surface area contributed by atoms with Crippen molar-refractivity contribution >= 4 is 5.91 Å². The second-order valence-electron chi connectivity index (χ2n) is 17.6. The average molecular weight is 824 g/mol. The van der Waals surface area contributed by atoms with Gasteiger partial charge in [-0.25, -0.2) is 0 Å². The molecular weight excluding hydrogens is 723 g/mol. The molecule has 0 aromatic rings. The summed E-state index contributed by atoms with van der Waals surface area (Å²) in [4.78, 5) is 12.4.